The highest BCUT2D eigenvalue weighted by molar-refractivity contribution is 5.72. The lowest BCUT2D eigenvalue weighted by Crippen LogP contribution is -2.38. The van der Waals surface area contributed by atoms with Gasteiger partial charge in [-0.25, -0.2) is 4.39 Å². The van der Waals surface area contributed by atoms with Gasteiger partial charge in [-0.3, -0.25) is 4.79 Å². The van der Waals surface area contributed by atoms with Crippen molar-refractivity contribution in [3.63, 3.8) is 0 Å². The first-order valence-electron chi connectivity index (χ1n) is 7.51. The smallest absolute Gasteiger partial charge is 0.216 e. The van der Waals surface area contributed by atoms with E-state index in [1.807, 2.05) is 13.0 Å². The van der Waals surface area contributed by atoms with E-state index in [-0.39, 0.29) is 17.8 Å². The summed E-state index contributed by atoms with van der Waals surface area (Å²) in [5.74, 6) is 0.297. The molecule has 1 heterocycles. The summed E-state index contributed by atoms with van der Waals surface area (Å²) >= 11 is 0. The number of benzene rings is 1. The van der Waals surface area contributed by atoms with Crippen LogP contribution in [0, 0.1) is 11.7 Å². The lowest BCUT2D eigenvalue weighted by molar-refractivity contribution is -0.119. The molecule has 0 unspecified atom stereocenters. The molecule has 1 aliphatic rings. The topological polar surface area (TPSA) is 58.4 Å². The van der Waals surface area contributed by atoms with Crippen molar-refractivity contribution in [3.8, 4) is 0 Å². The average molecular weight is 293 g/mol. The van der Waals surface area contributed by atoms with Gasteiger partial charge in [0.25, 0.3) is 0 Å². The second-order valence-corrected chi connectivity index (χ2v) is 5.86. The van der Waals surface area contributed by atoms with E-state index in [9.17, 15) is 9.18 Å². The summed E-state index contributed by atoms with van der Waals surface area (Å²) in [5.41, 5.74) is 7.85. The van der Waals surface area contributed by atoms with Crippen LogP contribution in [0.4, 0.5) is 10.1 Å². The number of halogens is 1. The molecule has 1 aromatic carbocycles. The van der Waals surface area contributed by atoms with Gasteiger partial charge in [-0.1, -0.05) is 0 Å². The summed E-state index contributed by atoms with van der Waals surface area (Å²) in [6.07, 6.45) is 2.05. The van der Waals surface area contributed by atoms with E-state index in [1.54, 1.807) is 6.92 Å². The standard InChI is InChI=1S/C16H24FN3O/c1-11(18)15-9-14(17)3-4-16(15)20-7-5-13(6-8-20)10-19-12(2)21/h3-4,9,11,13H,5-8,10,18H2,1-2H3,(H,19,21)/t11-/m0/s1. The Morgan fingerprint density at radius 3 is 2.71 bits per heavy atom. The Morgan fingerprint density at radius 2 is 2.14 bits per heavy atom. The van der Waals surface area contributed by atoms with Crippen molar-refractivity contribution in [2.45, 2.75) is 32.7 Å². The Balaban J connectivity index is 2.00. The molecule has 2 rings (SSSR count). The number of nitrogens with zero attached hydrogens (tertiary/aromatic N) is 1. The van der Waals surface area contributed by atoms with Crippen LogP contribution in [0.25, 0.3) is 0 Å². The minimum Gasteiger partial charge on any atom is -0.371 e. The van der Waals surface area contributed by atoms with Crippen molar-refractivity contribution in [1.82, 2.24) is 5.32 Å². The van der Waals surface area contributed by atoms with E-state index in [2.05, 4.69) is 10.2 Å². The van der Waals surface area contributed by atoms with Gasteiger partial charge in [-0.05, 0) is 49.4 Å². The van der Waals surface area contributed by atoms with Crippen molar-refractivity contribution < 1.29 is 9.18 Å². The fraction of sp³-hybridized carbons (Fsp3) is 0.562. The molecule has 0 radical (unpaired) electrons. The summed E-state index contributed by atoms with van der Waals surface area (Å²) in [4.78, 5) is 13.2. The molecule has 0 spiro atoms. The Labute approximate surface area is 125 Å². The Hall–Kier alpha value is -1.62. The first kappa shape index (κ1) is 15.8. The van der Waals surface area contributed by atoms with Crippen LogP contribution in [-0.4, -0.2) is 25.5 Å². The SMILES string of the molecule is CC(=O)NCC1CCN(c2ccc(F)cc2[C@H](C)N)CC1. The monoisotopic (exact) mass is 293 g/mol. The lowest BCUT2D eigenvalue weighted by Gasteiger charge is -2.35. The molecule has 1 fully saturated rings. The summed E-state index contributed by atoms with van der Waals surface area (Å²) in [7, 11) is 0. The molecular weight excluding hydrogens is 269 g/mol. The third-order valence-electron chi connectivity index (χ3n) is 4.08. The molecule has 0 bridgehead atoms. The van der Waals surface area contributed by atoms with Crippen LogP contribution in [0.15, 0.2) is 18.2 Å². The van der Waals surface area contributed by atoms with E-state index < -0.39 is 0 Å². The number of nitrogens with one attached hydrogen (secondary N) is 1. The zero-order valence-electron chi connectivity index (χ0n) is 12.7. The lowest BCUT2D eigenvalue weighted by atomic mass is 9.95. The van der Waals surface area contributed by atoms with Crippen LogP contribution in [-0.2, 0) is 4.79 Å². The van der Waals surface area contributed by atoms with E-state index in [4.69, 9.17) is 5.73 Å². The minimum atomic E-state index is -0.244. The Kier molecular flexibility index (Phi) is 5.17. The number of carbonyl (C=O) groups is 1. The van der Waals surface area contributed by atoms with Gasteiger partial charge < -0.3 is 16.0 Å². The van der Waals surface area contributed by atoms with Crippen molar-refractivity contribution in [2.24, 2.45) is 11.7 Å². The zero-order chi connectivity index (χ0) is 15.4. The third-order valence-corrected chi connectivity index (χ3v) is 4.08. The van der Waals surface area contributed by atoms with E-state index in [1.165, 1.54) is 12.1 Å². The van der Waals surface area contributed by atoms with E-state index in [0.29, 0.717) is 5.92 Å². The number of rotatable bonds is 4. The van der Waals surface area contributed by atoms with Crippen molar-refractivity contribution in [2.75, 3.05) is 24.5 Å². The van der Waals surface area contributed by atoms with Crippen LogP contribution >= 0.6 is 0 Å². The van der Waals surface area contributed by atoms with Gasteiger partial charge in [-0.15, -0.1) is 0 Å². The molecule has 3 N–H and O–H groups in total. The highest BCUT2D eigenvalue weighted by atomic mass is 19.1. The molecule has 1 amide bonds. The second-order valence-electron chi connectivity index (χ2n) is 5.86. The fourth-order valence-electron chi connectivity index (χ4n) is 2.84. The highest BCUT2D eigenvalue weighted by Gasteiger charge is 2.22. The summed E-state index contributed by atoms with van der Waals surface area (Å²) in [5, 5.41) is 2.88. The maximum atomic E-state index is 13.4. The molecule has 5 heteroatoms. The van der Waals surface area contributed by atoms with Gasteiger partial charge in [-0.2, -0.15) is 0 Å². The number of carbonyl (C=O) groups excluding carboxylic acids is 1. The van der Waals surface area contributed by atoms with Crippen LogP contribution < -0.4 is 16.0 Å². The Morgan fingerprint density at radius 1 is 1.48 bits per heavy atom. The molecule has 116 valence electrons. The van der Waals surface area contributed by atoms with Crippen molar-refractivity contribution >= 4 is 11.6 Å². The summed E-state index contributed by atoms with van der Waals surface area (Å²) in [6.45, 7) is 5.99. The quantitative estimate of drug-likeness (QED) is 0.894. The molecule has 1 aliphatic heterocycles. The van der Waals surface area contributed by atoms with Gasteiger partial charge in [0.1, 0.15) is 5.82 Å². The largest absolute Gasteiger partial charge is 0.371 e. The van der Waals surface area contributed by atoms with Gasteiger partial charge >= 0.3 is 0 Å². The van der Waals surface area contributed by atoms with Crippen LogP contribution in [0.2, 0.25) is 0 Å². The molecule has 1 saturated heterocycles. The minimum absolute atomic E-state index is 0.0233. The predicted molar refractivity (Wildman–Crippen MR) is 82.6 cm³/mol. The normalized spacial score (nSPS) is 17.6. The fourth-order valence-corrected chi connectivity index (χ4v) is 2.84. The number of piperidine rings is 1. The molecular formula is C16H24FN3O. The molecule has 21 heavy (non-hydrogen) atoms. The number of hydrogen-bond donors (Lipinski definition) is 2. The van der Waals surface area contributed by atoms with Gasteiger partial charge in [0, 0.05) is 38.3 Å². The van der Waals surface area contributed by atoms with Gasteiger partial charge in [0.2, 0.25) is 5.91 Å². The summed E-state index contributed by atoms with van der Waals surface area (Å²) < 4.78 is 13.4. The van der Waals surface area contributed by atoms with Crippen molar-refractivity contribution in [3.05, 3.63) is 29.6 Å². The number of amides is 1. The average Bonchev–Trinajstić information content (AvgIpc) is 2.45. The molecule has 0 saturated carbocycles. The highest BCUT2D eigenvalue weighted by Crippen LogP contribution is 2.29. The van der Waals surface area contributed by atoms with E-state index in [0.717, 1.165) is 43.7 Å². The number of hydrogen-bond acceptors (Lipinski definition) is 3. The maximum Gasteiger partial charge on any atom is 0.216 e. The molecule has 4 nitrogen and oxygen atoms in total. The van der Waals surface area contributed by atoms with Gasteiger partial charge in [0.15, 0.2) is 0 Å². The molecule has 1 aromatic rings. The first-order chi connectivity index (χ1) is 9.97. The molecule has 0 aromatic heterocycles. The maximum absolute atomic E-state index is 13.4. The van der Waals surface area contributed by atoms with Gasteiger partial charge in [0.05, 0.1) is 0 Å². The number of anilines is 1. The van der Waals surface area contributed by atoms with E-state index >= 15 is 0 Å². The molecule has 1 atom stereocenters. The van der Waals surface area contributed by atoms with Crippen LogP contribution in [0.3, 0.4) is 0 Å². The third kappa shape index (κ3) is 4.17. The van der Waals surface area contributed by atoms with Crippen molar-refractivity contribution in [1.29, 1.82) is 0 Å². The van der Waals surface area contributed by atoms with Crippen LogP contribution in [0.5, 0.6) is 0 Å². The molecule has 0 aliphatic carbocycles. The predicted octanol–water partition coefficient (Wildman–Crippen LogP) is 2.20. The zero-order valence-corrected chi connectivity index (χ0v) is 12.7. The second kappa shape index (κ2) is 6.89. The Bertz CT molecular complexity index is 496. The van der Waals surface area contributed by atoms with Crippen LogP contribution in [0.1, 0.15) is 38.3 Å². The number of nitrogens with two attached hydrogens (primary N) is 1. The summed E-state index contributed by atoms with van der Waals surface area (Å²) in [6, 6.07) is 4.66. The first-order valence-corrected chi connectivity index (χ1v) is 7.51.